The zero-order valence-corrected chi connectivity index (χ0v) is 14.5. The van der Waals surface area contributed by atoms with Crippen LogP contribution in [0.2, 0.25) is 0 Å². The van der Waals surface area contributed by atoms with E-state index in [1.54, 1.807) is 6.92 Å². The van der Waals surface area contributed by atoms with Crippen LogP contribution in [0.15, 0.2) is 6.07 Å². The predicted molar refractivity (Wildman–Crippen MR) is 89.3 cm³/mol. The molecule has 1 saturated carbocycles. The smallest absolute Gasteiger partial charge is 0.182 e. The highest BCUT2D eigenvalue weighted by molar-refractivity contribution is 6.33. The number of carbonyl (C=O) groups excluding carboxylic acids is 1. The van der Waals surface area contributed by atoms with Crippen molar-refractivity contribution < 1.29 is 4.79 Å². The molecule has 0 N–H and O–H groups in total. The number of nitrogens with zero attached hydrogens (tertiary/aromatic N) is 1. The van der Waals surface area contributed by atoms with E-state index in [-0.39, 0.29) is 5.78 Å². The van der Waals surface area contributed by atoms with Crippen molar-refractivity contribution in [3.05, 3.63) is 23.0 Å². The Bertz CT molecular complexity index is 496. The molecule has 0 bridgehead atoms. The van der Waals surface area contributed by atoms with Crippen LogP contribution in [-0.4, -0.2) is 15.7 Å². The minimum absolute atomic E-state index is 0.0440. The van der Waals surface area contributed by atoms with Crippen LogP contribution in [0.25, 0.3) is 0 Å². The Labute approximate surface area is 133 Å². The van der Waals surface area contributed by atoms with E-state index in [2.05, 4.69) is 18.4 Å². The van der Waals surface area contributed by atoms with E-state index in [0.29, 0.717) is 0 Å². The molecule has 0 saturated heterocycles. The summed E-state index contributed by atoms with van der Waals surface area (Å²) >= 11 is 5.95. The maximum Gasteiger partial charge on any atom is 0.182 e. The van der Waals surface area contributed by atoms with Crippen molar-refractivity contribution in [1.82, 2.24) is 4.57 Å². The largest absolute Gasteiger partial charge is 0.348 e. The van der Waals surface area contributed by atoms with Crippen LogP contribution in [0.3, 0.4) is 0 Å². The van der Waals surface area contributed by atoms with Crippen LogP contribution in [0, 0.1) is 25.7 Å². The van der Waals surface area contributed by atoms with Crippen molar-refractivity contribution in [2.24, 2.45) is 11.8 Å². The third-order valence-electron chi connectivity index (χ3n) is 5.10. The van der Waals surface area contributed by atoms with Crippen LogP contribution in [-0.2, 0) is 6.54 Å². The molecule has 0 aliphatic heterocycles. The molecule has 1 aliphatic carbocycles. The predicted octanol–water partition coefficient (Wildman–Crippen LogP) is 5.13. The molecule has 2 nitrogen and oxygen atoms in total. The summed E-state index contributed by atoms with van der Waals surface area (Å²) in [6.45, 7) is 9.27. The summed E-state index contributed by atoms with van der Waals surface area (Å²) in [7, 11) is 0. The minimum atomic E-state index is -0.446. The average Bonchev–Trinajstić information content (AvgIpc) is 2.72. The Balaban J connectivity index is 2.02. The molecule has 0 spiro atoms. The van der Waals surface area contributed by atoms with Gasteiger partial charge in [0.25, 0.3) is 0 Å². The summed E-state index contributed by atoms with van der Waals surface area (Å²) in [6, 6.07) is 2.00. The van der Waals surface area contributed by atoms with Crippen LogP contribution in [0.1, 0.15) is 67.7 Å². The van der Waals surface area contributed by atoms with Gasteiger partial charge in [-0.15, -0.1) is 11.6 Å². The molecule has 0 radical (unpaired) electrons. The fraction of sp³-hybridized carbons (Fsp3) is 0.722. The first-order chi connectivity index (χ1) is 9.90. The number of aryl methyl sites for hydroxylation is 1. The lowest BCUT2D eigenvalue weighted by molar-refractivity contribution is 0.0991. The number of rotatable bonds is 5. The number of carbonyl (C=O) groups is 1. The van der Waals surface area contributed by atoms with Gasteiger partial charge in [0.1, 0.15) is 0 Å². The lowest BCUT2D eigenvalue weighted by atomic mass is 9.81. The molecule has 3 heteroatoms. The number of ketones is 1. The molecular formula is C18H28ClNO. The SMILES string of the molecule is Cc1cc(C(=O)C(C)Cl)c(C)n1CCC1CCC(C)CC1. The first-order valence-electron chi connectivity index (χ1n) is 8.25. The van der Waals surface area contributed by atoms with Gasteiger partial charge in [0.2, 0.25) is 0 Å². The van der Waals surface area contributed by atoms with Gasteiger partial charge in [0, 0.05) is 23.5 Å². The van der Waals surface area contributed by atoms with E-state index in [0.717, 1.165) is 29.6 Å². The number of hydrogen-bond acceptors (Lipinski definition) is 1. The zero-order valence-electron chi connectivity index (χ0n) is 13.8. The number of aromatic nitrogens is 1. The molecule has 0 aromatic carbocycles. The standard InChI is InChI=1S/C18H28ClNO/c1-12-5-7-16(8-6-12)9-10-20-13(2)11-17(15(20)4)18(21)14(3)19/h11-12,14,16H,5-10H2,1-4H3. The normalized spacial score (nSPS) is 24.0. The highest BCUT2D eigenvalue weighted by Crippen LogP contribution is 2.31. The van der Waals surface area contributed by atoms with Gasteiger partial charge >= 0.3 is 0 Å². The van der Waals surface area contributed by atoms with E-state index < -0.39 is 5.38 Å². The first kappa shape index (κ1) is 16.6. The zero-order chi connectivity index (χ0) is 15.6. The van der Waals surface area contributed by atoms with Crippen molar-refractivity contribution in [1.29, 1.82) is 0 Å². The third-order valence-corrected chi connectivity index (χ3v) is 5.29. The van der Waals surface area contributed by atoms with Gasteiger partial charge in [0.05, 0.1) is 5.38 Å². The van der Waals surface area contributed by atoms with Crippen molar-refractivity contribution in [3.63, 3.8) is 0 Å². The summed E-state index contributed by atoms with van der Waals surface area (Å²) < 4.78 is 2.30. The molecule has 2 rings (SSSR count). The lowest BCUT2D eigenvalue weighted by Gasteiger charge is -2.26. The van der Waals surface area contributed by atoms with Crippen molar-refractivity contribution in [3.8, 4) is 0 Å². The number of Topliss-reactive ketones (excluding diaryl/α,β-unsaturated/α-hetero) is 1. The summed E-state index contributed by atoms with van der Waals surface area (Å²) in [6.07, 6.45) is 6.72. The monoisotopic (exact) mass is 309 g/mol. The van der Waals surface area contributed by atoms with Gasteiger partial charge in [-0.2, -0.15) is 0 Å². The fourth-order valence-corrected chi connectivity index (χ4v) is 3.66. The molecule has 21 heavy (non-hydrogen) atoms. The van der Waals surface area contributed by atoms with E-state index in [1.807, 2.05) is 13.0 Å². The maximum absolute atomic E-state index is 12.1. The van der Waals surface area contributed by atoms with Crippen LogP contribution < -0.4 is 0 Å². The third kappa shape index (κ3) is 3.91. The highest BCUT2D eigenvalue weighted by Gasteiger charge is 2.21. The van der Waals surface area contributed by atoms with Gasteiger partial charge in [-0.3, -0.25) is 4.79 Å². The Kier molecular flexibility index (Phi) is 5.54. The minimum Gasteiger partial charge on any atom is -0.348 e. The number of hydrogen-bond donors (Lipinski definition) is 0. The topological polar surface area (TPSA) is 22.0 Å². The summed E-state index contributed by atoms with van der Waals surface area (Å²) in [5.41, 5.74) is 3.05. The Morgan fingerprint density at radius 1 is 1.33 bits per heavy atom. The lowest BCUT2D eigenvalue weighted by Crippen LogP contribution is -2.16. The van der Waals surface area contributed by atoms with Crippen molar-refractivity contribution in [2.45, 2.75) is 71.7 Å². The first-order valence-corrected chi connectivity index (χ1v) is 8.68. The molecule has 1 aliphatic rings. The maximum atomic E-state index is 12.1. The number of halogens is 1. The quantitative estimate of drug-likeness (QED) is 0.546. The number of alkyl halides is 1. The van der Waals surface area contributed by atoms with Gasteiger partial charge in [0.15, 0.2) is 5.78 Å². The molecule has 1 heterocycles. The molecule has 1 atom stereocenters. The second-order valence-corrected chi connectivity index (χ2v) is 7.49. The van der Waals surface area contributed by atoms with E-state index >= 15 is 0 Å². The molecule has 1 fully saturated rings. The Morgan fingerprint density at radius 2 is 1.95 bits per heavy atom. The summed E-state index contributed by atoms with van der Waals surface area (Å²) in [4.78, 5) is 12.1. The molecule has 1 aromatic rings. The second kappa shape index (κ2) is 7.00. The van der Waals surface area contributed by atoms with Gasteiger partial charge in [-0.25, -0.2) is 0 Å². The van der Waals surface area contributed by atoms with E-state index in [4.69, 9.17) is 11.6 Å². The Hall–Kier alpha value is -0.760. The van der Waals surface area contributed by atoms with Crippen LogP contribution >= 0.6 is 11.6 Å². The second-order valence-electron chi connectivity index (χ2n) is 6.83. The van der Waals surface area contributed by atoms with Gasteiger partial charge < -0.3 is 4.57 Å². The fourth-order valence-electron chi connectivity index (χ4n) is 3.54. The van der Waals surface area contributed by atoms with Gasteiger partial charge in [-0.1, -0.05) is 32.6 Å². The summed E-state index contributed by atoms with van der Waals surface area (Å²) in [5, 5.41) is -0.446. The average molecular weight is 310 g/mol. The summed E-state index contributed by atoms with van der Waals surface area (Å²) in [5.74, 6) is 1.81. The van der Waals surface area contributed by atoms with Crippen molar-refractivity contribution >= 4 is 17.4 Å². The molecule has 118 valence electrons. The van der Waals surface area contributed by atoms with Crippen molar-refractivity contribution in [2.75, 3.05) is 0 Å². The van der Waals surface area contributed by atoms with Gasteiger partial charge in [-0.05, 0) is 45.1 Å². The van der Waals surface area contributed by atoms with Crippen LogP contribution in [0.4, 0.5) is 0 Å². The Morgan fingerprint density at radius 3 is 2.52 bits per heavy atom. The molecule has 1 unspecified atom stereocenters. The van der Waals surface area contributed by atoms with E-state index in [9.17, 15) is 4.79 Å². The molecular weight excluding hydrogens is 282 g/mol. The van der Waals surface area contributed by atoms with E-state index in [1.165, 1.54) is 37.8 Å². The molecule has 0 amide bonds. The molecule has 1 aromatic heterocycles. The van der Waals surface area contributed by atoms with Crippen LogP contribution in [0.5, 0.6) is 0 Å². The highest BCUT2D eigenvalue weighted by atomic mass is 35.5.